The molecule has 0 aliphatic carbocycles. The molecule has 2 aromatic carbocycles. The third kappa shape index (κ3) is 7.43. The number of carbonyl (C=O) groups excluding carboxylic acids is 3. The molecule has 0 fully saturated rings. The Balaban J connectivity index is 1.85. The van der Waals surface area contributed by atoms with E-state index in [1.807, 2.05) is 13.0 Å². The quantitative estimate of drug-likeness (QED) is 0.405. The van der Waals surface area contributed by atoms with E-state index in [4.69, 9.17) is 26.3 Å². The van der Waals surface area contributed by atoms with E-state index < -0.39 is 18.5 Å². The maximum absolute atomic E-state index is 12.6. The number of hydrogen-bond acceptors (Lipinski definition) is 6. The predicted molar refractivity (Wildman–Crippen MR) is 116 cm³/mol. The second-order valence-corrected chi connectivity index (χ2v) is 7.13. The summed E-state index contributed by atoms with van der Waals surface area (Å²) >= 11 is 6.03. The van der Waals surface area contributed by atoms with Gasteiger partial charge in [0.2, 0.25) is 0 Å². The Labute approximate surface area is 186 Å². The van der Waals surface area contributed by atoms with Crippen LogP contribution in [-0.4, -0.2) is 37.4 Å². The van der Waals surface area contributed by atoms with Gasteiger partial charge >= 0.3 is 5.97 Å². The Bertz CT molecular complexity index is 982. The van der Waals surface area contributed by atoms with Crippen LogP contribution in [0.4, 0.5) is 5.69 Å². The number of ether oxygens (including phenoxy) is 2. The predicted octanol–water partition coefficient (Wildman–Crippen LogP) is 4.11. The number of hydrogen-bond donors (Lipinski definition) is 0. The van der Waals surface area contributed by atoms with Crippen molar-refractivity contribution in [3.63, 3.8) is 0 Å². The lowest BCUT2D eigenvalue weighted by molar-refractivity contribution is -0.148. The van der Waals surface area contributed by atoms with Crippen molar-refractivity contribution in [2.75, 3.05) is 24.7 Å². The molecule has 0 aromatic heterocycles. The van der Waals surface area contributed by atoms with E-state index in [9.17, 15) is 14.4 Å². The van der Waals surface area contributed by atoms with E-state index in [0.29, 0.717) is 22.0 Å². The standard InChI is InChI=1S/C23H23ClN2O5/c1-16-14-19(6-9-21(16)24)26(12-3-11-25)22(28)15-31-23(29)10-13-30-20-7-4-18(5-8-20)17(2)27/h4-9,14H,3,10,12-13,15H2,1-2H3. The van der Waals surface area contributed by atoms with Gasteiger partial charge in [0.15, 0.2) is 12.4 Å². The van der Waals surface area contributed by atoms with Gasteiger partial charge in [-0.2, -0.15) is 5.26 Å². The molecule has 1 amide bonds. The first-order valence-corrected chi connectivity index (χ1v) is 10.0. The van der Waals surface area contributed by atoms with Crippen molar-refractivity contribution in [1.82, 2.24) is 0 Å². The first-order valence-electron chi connectivity index (χ1n) is 9.64. The molecule has 0 saturated heterocycles. The zero-order valence-corrected chi connectivity index (χ0v) is 18.1. The number of anilines is 1. The van der Waals surface area contributed by atoms with Gasteiger partial charge < -0.3 is 14.4 Å². The molecule has 162 valence electrons. The van der Waals surface area contributed by atoms with Gasteiger partial charge in [0.1, 0.15) is 5.75 Å². The Morgan fingerprint density at radius 3 is 2.45 bits per heavy atom. The molecule has 7 nitrogen and oxygen atoms in total. The number of halogens is 1. The Morgan fingerprint density at radius 2 is 1.84 bits per heavy atom. The molecule has 0 aliphatic rings. The summed E-state index contributed by atoms with van der Waals surface area (Å²) < 4.78 is 10.5. The number of nitriles is 1. The second kappa shape index (κ2) is 11.7. The van der Waals surface area contributed by atoms with E-state index in [-0.39, 0.29) is 31.8 Å². The first kappa shape index (κ1) is 23.9. The van der Waals surface area contributed by atoms with Gasteiger partial charge in [0.05, 0.1) is 25.5 Å². The molecule has 2 aromatic rings. The molecule has 0 bridgehead atoms. The first-order chi connectivity index (χ1) is 14.8. The third-order valence-electron chi connectivity index (χ3n) is 4.39. The van der Waals surface area contributed by atoms with Crippen molar-refractivity contribution in [3.8, 4) is 11.8 Å². The minimum atomic E-state index is -0.582. The van der Waals surface area contributed by atoms with Crippen LogP contribution < -0.4 is 9.64 Å². The van der Waals surface area contributed by atoms with Crippen LogP contribution in [0.15, 0.2) is 42.5 Å². The van der Waals surface area contributed by atoms with Gasteiger partial charge in [0, 0.05) is 22.8 Å². The summed E-state index contributed by atoms with van der Waals surface area (Å²) in [5.74, 6) is -0.542. The summed E-state index contributed by atoms with van der Waals surface area (Å²) in [7, 11) is 0. The van der Waals surface area contributed by atoms with E-state index in [2.05, 4.69) is 0 Å². The van der Waals surface area contributed by atoms with Crippen molar-refractivity contribution >= 4 is 34.9 Å². The van der Waals surface area contributed by atoms with Gasteiger partial charge in [0.25, 0.3) is 5.91 Å². The zero-order chi connectivity index (χ0) is 22.8. The molecule has 0 N–H and O–H groups in total. The Kier molecular flexibility index (Phi) is 9.04. The van der Waals surface area contributed by atoms with E-state index in [0.717, 1.165) is 5.56 Å². The second-order valence-electron chi connectivity index (χ2n) is 6.73. The summed E-state index contributed by atoms with van der Waals surface area (Å²) in [6.45, 7) is 3.09. The summed E-state index contributed by atoms with van der Waals surface area (Å²) in [4.78, 5) is 37.2. The van der Waals surface area contributed by atoms with Crippen LogP contribution >= 0.6 is 11.6 Å². The summed E-state index contributed by atoms with van der Waals surface area (Å²) in [5.41, 5.74) is 1.94. The van der Waals surface area contributed by atoms with E-state index >= 15 is 0 Å². The number of ketones is 1. The van der Waals surface area contributed by atoms with E-state index in [1.54, 1.807) is 42.5 Å². The normalized spacial score (nSPS) is 10.1. The molecule has 0 saturated carbocycles. The highest BCUT2D eigenvalue weighted by Crippen LogP contribution is 2.23. The molecule has 2 rings (SSSR count). The third-order valence-corrected chi connectivity index (χ3v) is 4.82. The Hall–Kier alpha value is -3.37. The fourth-order valence-corrected chi connectivity index (χ4v) is 2.80. The Morgan fingerprint density at radius 1 is 1.13 bits per heavy atom. The van der Waals surface area contributed by atoms with Gasteiger partial charge in [-0.1, -0.05) is 11.6 Å². The van der Waals surface area contributed by atoms with Gasteiger partial charge in [-0.3, -0.25) is 14.4 Å². The minimum absolute atomic E-state index is 0.0417. The van der Waals surface area contributed by atoms with Crippen molar-refractivity contribution in [3.05, 3.63) is 58.6 Å². The molecule has 0 aliphatic heterocycles. The number of nitrogens with zero attached hydrogens (tertiary/aromatic N) is 2. The smallest absolute Gasteiger partial charge is 0.309 e. The topological polar surface area (TPSA) is 96.7 Å². The van der Waals surface area contributed by atoms with Crippen LogP contribution in [0.3, 0.4) is 0 Å². The fourth-order valence-electron chi connectivity index (χ4n) is 2.69. The number of esters is 1. The maximum Gasteiger partial charge on any atom is 0.309 e. The number of aryl methyl sites for hydroxylation is 1. The molecular weight excluding hydrogens is 420 g/mol. The maximum atomic E-state index is 12.6. The summed E-state index contributed by atoms with van der Waals surface area (Å²) in [6.07, 6.45) is 0.0948. The van der Waals surface area contributed by atoms with Crippen LogP contribution in [0.25, 0.3) is 0 Å². The van der Waals surface area contributed by atoms with Crippen LogP contribution in [-0.2, 0) is 14.3 Å². The molecule has 8 heteroatoms. The zero-order valence-electron chi connectivity index (χ0n) is 17.4. The fraction of sp³-hybridized carbons (Fsp3) is 0.304. The molecule has 0 radical (unpaired) electrons. The number of amides is 1. The minimum Gasteiger partial charge on any atom is -0.493 e. The highest BCUT2D eigenvalue weighted by atomic mass is 35.5. The van der Waals surface area contributed by atoms with Gasteiger partial charge in [-0.05, 0) is 61.9 Å². The highest BCUT2D eigenvalue weighted by molar-refractivity contribution is 6.31. The van der Waals surface area contributed by atoms with Crippen LogP contribution in [0.5, 0.6) is 5.75 Å². The van der Waals surface area contributed by atoms with Crippen molar-refractivity contribution in [2.45, 2.75) is 26.7 Å². The summed E-state index contributed by atoms with van der Waals surface area (Å²) in [5, 5.41) is 9.44. The largest absolute Gasteiger partial charge is 0.493 e. The molecule has 0 spiro atoms. The number of rotatable bonds is 10. The highest BCUT2D eigenvalue weighted by Gasteiger charge is 2.18. The van der Waals surface area contributed by atoms with Crippen molar-refractivity contribution in [2.24, 2.45) is 0 Å². The molecule has 31 heavy (non-hydrogen) atoms. The monoisotopic (exact) mass is 442 g/mol. The van der Waals surface area contributed by atoms with Crippen molar-refractivity contribution < 1.29 is 23.9 Å². The lowest BCUT2D eigenvalue weighted by Gasteiger charge is -2.22. The lowest BCUT2D eigenvalue weighted by Crippen LogP contribution is -2.35. The van der Waals surface area contributed by atoms with Crippen LogP contribution in [0, 0.1) is 18.3 Å². The van der Waals surface area contributed by atoms with E-state index in [1.165, 1.54) is 11.8 Å². The van der Waals surface area contributed by atoms with Gasteiger partial charge in [-0.25, -0.2) is 0 Å². The van der Waals surface area contributed by atoms with Crippen LogP contribution in [0.1, 0.15) is 35.7 Å². The molecule has 0 heterocycles. The lowest BCUT2D eigenvalue weighted by atomic mass is 10.1. The average Bonchev–Trinajstić information content (AvgIpc) is 2.75. The molecule has 0 unspecified atom stereocenters. The number of Topliss-reactive ketones (excluding diaryl/α,β-unsaturated/α-hetero) is 1. The van der Waals surface area contributed by atoms with Crippen molar-refractivity contribution in [1.29, 1.82) is 5.26 Å². The SMILES string of the molecule is CC(=O)c1ccc(OCCC(=O)OCC(=O)N(CCC#N)c2ccc(Cl)c(C)c2)cc1. The number of carbonyl (C=O) groups is 3. The average molecular weight is 443 g/mol. The summed E-state index contributed by atoms with van der Waals surface area (Å²) in [6, 6.07) is 13.7. The molecular formula is C23H23ClN2O5. The molecule has 0 atom stereocenters. The van der Waals surface area contributed by atoms with Crippen LogP contribution in [0.2, 0.25) is 5.02 Å². The number of benzene rings is 2. The van der Waals surface area contributed by atoms with Gasteiger partial charge in [-0.15, -0.1) is 0 Å².